The van der Waals surface area contributed by atoms with Crippen LogP contribution in [0.4, 0.5) is 5.69 Å². The van der Waals surface area contributed by atoms with Gasteiger partial charge < -0.3 is 14.5 Å². The molecule has 0 aliphatic carbocycles. The maximum absolute atomic E-state index is 12.6. The van der Waals surface area contributed by atoms with Crippen molar-refractivity contribution in [3.8, 4) is 0 Å². The first-order valence-electron chi connectivity index (χ1n) is 8.72. The third-order valence-corrected chi connectivity index (χ3v) is 4.14. The van der Waals surface area contributed by atoms with Gasteiger partial charge in [-0.25, -0.2) is 4.79 Å². The van der Waals surface area contributed by atoms with Crippen LogP contribution in [0.1, 0.15) is 53.3 Å². The highest BCUT2D eigenvalue weighted by Gasteiger charge is 2.22. The van der Waals surface area contributed by atoms with Gasteiger partial charge in [0.1, 0.15) is 11.5 Å². The van der Waals surface area contributed by atoms with Gasteiger partial charge in [-0.2, -0.15) is 10.2 Å². The summed E-state index contributed by atoms with van der Waals surface area (Å²) in [6.07, 6.45) is 3.22. The molecule has 0 aliphatic heterocycles. The number of rotatable bonds is 5. The zero-order valence-electron chi connectivity index (χ0n) is 16.5. The first-order valence-corrected chi connectivity index (χ1v) is 8.72. The van der Waals surface area contributed by atoms with Gasteiger partial charge >= 0.3 is 5.97 Å². The monoisotopic (exact) mass is 385 g/mol. The lowest BCUT2D eigenvalue weighted by Gasteiger charge is -2.13. The molecular weight excluding hydrogens is 362 g/mol. The number of aromatic nitrogens is 4. The fourth-order valence-electron chi connectivity index (χ4n) is 2.59. The molecule has 9 nitrogen and oxygen atoms in total. The van der Waals surface area contributed by atoms with Gasteiger partial charge in [0, 0.05) is 18.7 Å². The maximum Gasteiger partial charge on any atom is 0.373 e. The average Bonchev–Trinajstić information content (AvgIpc) is 3.34. The molecule has 3 aromatic rings. The Hall–Kier alpha value is -3.36. The Kier molecular flexibility index (Phi) is 5.08. The lowest BCUT2D eigenvalue weighted by atomic mass is 9.92. The first kappa shape index (κ1) is 19.4. The average molecular weight is 385 g/mol. The largest absolute Gasteiger partial charge is 0.463 e. The summed E-state index contributed by atoms with van der Waals surface area (Å²) in [6, 6.07) is 5.01. The maximum atomic E-state index is 12.6. The van der Waals surface area contributed by atoms with Gasteiger partial charge in [0.2, 0.25) is 5.76 Å². The summed E-state index contributed by atoms with van der Waals surface area (Å²) in [7, 11) is 3.03. The van der Waals surface area contributed by atoms with E-state index in [1.54, 1.807) is 47.0 Å². The van der Waals surface area contributed by atoms with Crippen molar-refractivity contribution in [2.45, 2.75) is 32.7 Å². The standard InChI is InChI=1S/C19H23N5O4/c1-19(2,3)16-8-14(23(4)22-16)17(25)21-12-9-20-24(10-12)11-13-6-7-15(28-13)18(26)27-5/h6-10H,11H2,1-5H3,(H,21,25). The summed E-state index contributed by atoms with van der Waals surface area (Å²) >= 11 is 0. The summed E-state index contributed by atoms with van der Waals surface area (Å²) in [5.41, 5.74) is 1.71. The summed E-state index contributed by atoms with van der Waals surface area (Å²) in [5, 5.41) is 11.4. The van der Waals surface area contributed by atoms with Gasteiger partial charge in [-0.05, 0) is 18.2 Å². The van der Waals surface area contributed by atoms with Gasteiger partial charge in [-0.15, -0.1) is 0 Å². The van der Waals surface area contributed by atoms with Crippen LogP contribution < -0.4 is 5.32 Å². The molecule has 0 atom stereocenters. The van der Waals surface area contributed by atoms with Crippen LogP contribution in [0.15, 0.2) is 35.0 Å². The number of hydrogen-bond donors (Lipinski definition) is 1. The van der Waals surface area contributed by atoms with Crippen molar-refractivity contribution < 1.29 is 18.7 Å². The molecule has 0 unspecified atom stereocenters. The van der Waals surface area contributed by atoms with E-state index in [9.17, 15) is 9.59 Å². The topological polar surface area (TPSA) is 104 Å². The summed E-state index contributed by atoms with van der Waals surface area (Å²) in [5.74, 6) is -0.131. The van der Waals surface area contributed by atoms with Crippen LogP contribution in [0, 0.1) is 0 Å². The number of esters is 1. The predicted molar refractivity (Wildman–Crippen MR) is 101 cm³/mol. The Morgan fingerprint density at radius 2 is 2.04 bits per heavy atom. The van der Waals surface area contributed by atoms with Gasteiger partial charge in [0.25, 0.3) is 5.91 Å². The van der Waals surface area contributed by atoms with Crippen LogP contribution in [0.5, 0.6) is 0 Å². The number of carbonyl (C=O) groups excluding carboxylic acids is 2. The molecule has 0 bridgehead atoms. The normalized spacial score (nSPS) is 11.5. The lowest BCUT2D eigenvalue weighted by Crippen LogP contribution is -2.15. The van der Waals surface area contributed by atoms with Crippen molar-refractivity contribution in [2.24, 2.45) is 7.05 Å². The molecule has 1 N–H and O–H groups in total. The molecule has 1 amide bonds. The summed E-state index contributed by atoms with van der Waals surface area (Å²) in [6.45, 7) is 6.44. The number of nitrogens with one attached hydrogen (secondary N) is 1. The van der Waals surface area contributed by atoms with E-state index in [1.165, 1.54) is 7.11 Å². The molecule has 0 radical (unpaired) electrons. The SMILES string of the molecule is COC(=O)c1ccc(Cn2cc(NC(=O)c3cc(C(C)(C)C)nn3C)cn2)o1. The second-order valence-corrected chi connectivity index (χ2v) is 7.43. The van der Waals surface area contributed by atoms with E-state index in [-0.39, 0.29) is 17.1 Å². The van der Waals surface area contributed by atoms with Crippen molar-refractivity contribution in [3.63, 3.8) is 0 Å². The predicted octanol–water partition coefficient (Wildman–Crippen LogP) is 2.59. The third-order valence-electron chi connectivity index (χ3n) is 4.14. The van der Waals surface area contributed by atoms with E-state index < -0.39 is 5.97 Å². The van der Waals surface area contributed by atoms with E-state index in [2.05, 4.69) is 20.3 Å². The molecule has 0 saturated heterocycles. The second kappa shape index (κ2) is 7.34. The highest BCUT2D eigenvalue weighted by atomic mass is 16.5. The molecule has 0 aromatic carbocycles. The second-order valence-electron chi connectivity index (χ2n) is 7.43. The van der Waals surface area contributed by atoms with Crippen molar-refractivity contribution in [3.05, 3.63) is 53.5 Å². The fourth-order valence-corrected chi connectivity index (χ4v) is 2.59. The number of ether oxygens (including phenoxy) is 1. The Bertz CT molecular complexity index is 1010. The van der Waals surface area contributed by atoms with Crippen molar-refractivity contribution in [1.29, 1.82) is 0 Å². The van der Waals surface area contributed by atoms with Gasteiger partial charge in [-0.1, -0.05) is 20.8 Å². The number of carbonyl (C=O) groups is 2. The first-order chi connectivity index (χ1) is 13.2. The van der Waals surface area contributed by atoms with Crippen molar-refractivity contribution in [2.75, 3.05) is 12.4 Å². The third kappa shape index (κ3) is 4.13. The van der Waals surface area contributed by atoms with Gasteiger partial charge in [0.15, 0.2) is 0 Å². The van der Waals surface area contributed by atoms with Gasteiger partial charge in [-0.3, -0.25) is 14.2 Å². The zero-order valence-corrected chi connectivity index (χ0v) is 16.5. The Balaban J connectivity index is 1.68. The minimum atomic E-state index is -0.537. The smallest absolute Gasteiger partial charge is 0.373 e. The number of nitrogens with zero attached hydrogens (tertiary/aromatic N) is 4. The van der Waals surface area contributed by atoms with Crippen LogP contribution in [0.3, 0.4) is 0 Å². The molecule has 9 heteroatoms. The lowest BCUT2D eigenvalue weighted by molar-refractivity contribution is 0.0562. The van der Waals surface area contributed by atoms with Crippen LogP contribution in [-0.4, -0.2) is 38.5 Å². The molecule has 0 fully saturated rings. The van der Waals surface area contributed by atoms with Crippen molar-refractivity contribution >= 4 is 17.6 Å². The molecule has 28 heavy (non-hydrogen) atoms. The van der Waals surface area contributed by atoms with Crippen LogP contribution in [0.25, 0.3) is 0 Å². The highest BCUT2D eigenvalue weighted by molar-refractivity contribution is 6.03. The minimum Gasteiger partial charge on any atom is -0.463 e. The number of aryl methyl sites for hydroxylation is 1. The number of anilines is 1. The molecule has 0 aliphatic rings. The molecule has 3 rings (SSSR count). The quantitative estimate of drug-likeness (QED) is 0.677. The van der Waals surface area contributed by atoms with Crippen LogP contribution in [0.2, 0.25) is 0 Å². The number of furan rings is 1. The van der Waals surface area contributed by atoms with Gasteiger partial charge in [0.05, 0.1) is 31.2 Å². The molecule has 0 saturated carbocycles. The zero-order chi connectivity index (χ0) is 20.5. The Labute approximate surface area is 162 Å². The van der Waals surface area contributed by atoms with E-state index in [0.29, 0.717) is 23.7 Å². The summed E-state index contributed by atoms with van der Waals surface area (Å²) < 4.78 is 13.2. The number of methoxy groups -OCH3 is 1. The fraction of sp³-hybridized carbons (Fsp3) is 0.368. The molecule has 3 aromatic heterocycles. The van der Waals surface area contributed by atoms with E-state index >= 15 is 0 Å². The van der Waals surface area contributed by atoms with E-state index in [1.807, 2.05) is 20.8 Å². The van der Waals surface area contributed by atoms with Crippen molar-refractivity contribution in [1.82, 2.24) is 19.6 Å². The number of amides is 1. The molecule has 148 valence electrons. The Morgan fingerprint density at radius 1 is 1.29 bits per heavy atom. The van der Waals surface area contributed by atoms with E-state index in [0.717, 1.165) is 5.69 Å². The molecule has 3 heterocycles. The molecular formula is C19H23N5O4. The highest BCUT2D eigenvalue weighted by Crippen LogP contribution is 2.22. The van der Waals surface area contributed by atoms with Crippen LogP contribution in [-0.2, 0) is 23.7 Å². The minimum absolute atomic E-state index is 0.129. The molecule has 0 spiro atoms. The van der Waals surface area contributed by atoms with Crippen LogP contribution >= 0.6 is 0 Å². The van der Waals surface area contributed by atoms with E-state index in [4.69, 9.17) is 4.42 Å². The number of hydrogen-bond acceptors (Lipinski definition) is 6. The summed E-state index contributed by atoms with van der Waals surface area (Å²) in [4.78, 5) is 24.0. The Morgan fingerprint density at radius 3 is 2.68 bits per heavy atom.